The van der Waals surface area contributed by atoms with Crippen LogP contribution in [-0.2, 0) is 20.0 Å². The van der Waals surface area contributed by atoms with Crippen LogP contribution in [0.15, 0.2) is 56.9 Å². The van der Waals surface area contributed by atoms with Crippen molar-refractivity contribution in [3.05, 3.63) is 68.7 Å². The highest BCUT2D eigenvalue weighted by Crippen LogP contribution is 2.36. The molecule has 0 amide bonds. The quantitative estimate of drug-likeness (QED) is 0.457. The lowest BCUT2D eigenvalue weighted by molar-refractivity contribution is 0.570. The molecule has 3 rings (SSSR count). The number of anilines is 2. The van der Waals surface area contributed by atoms with Crippen molar-refractivity contribution in [2.75, 3.05) is 9.44 Å². The van der Waals surface area contributed by atoms with E-state index in [0.717, 1.165) is 29.5 Å². The van der Waals surface area contributed by atoms with Crippen molar-refractivity contribution in [3.63, 3.8) is 0 Å². The Morgan fingerprint density at radius 3 is 1.93 bits per heavy atom. The molecular formula is C16H10Cl3FN2O4S3. The zero-order valence-corrected chi connectivity index (χ0v) is 18.7. The van der Waals surface area contributed by atoms with Gasteiger partial charge in [0.15, 0.2) is 5.82 Å². The summed E-state index contributed by atoms with van der Waals surface area (Å²) in [6.07, 6.45) is 0. The Morgan fingerprint density at radius 2 is 1.38 bits per heavy atom. The Balaban J connectivity index is 2.06. The molecule has 13 heteroatoms. The molecule has 0 aliphatic rings. The third-order valence-electron chi connectivity index (χ3n) is 3.51. The van der Waals surface area contributed by atoms with E-state index in [2.05, 4.69) is 9.44 Å². The molecular weight excluding hydrogens is 506 g/mol. The molecule has 0 unspecified atom stereocenters. The average molecular weight is 516 g/mol. The van der Waals surface area contributed by atoms with Crippen molar-refractivity contribution in [3.8, 4) is 0 Å². The Hall–Kier alpha value is -1.56. The van der Waals surface area contributed by atoms with Gasteiger partial charge in [-0.05, 0) is 35.7 Å². The van der Waals surface area contributed by atoms with Crippen molar-refractivity contribution in [2.24, 2.45) is 0 Å². The van der Waals surface area contributed by atoms with E-state index < -0.39 is 30.8 Å². The fourth-order valence-corrected chi connectivity index (χ4v) is 6.01. The van der Waals surface area contributed by atoms with E-state index in [-0.39, 0.29) is 30.7 Å². The molecule has 0 saturated heterocycles. The summed E-state index contributed by atoms with van der Waals surface area (Å²) in [4.78, 5) is -0.719. The van der Waals surface area contributed by atoms with Crippen LogP contribution < -0.4 is 9.44 Å². The van der Waals surface area contributed by atoms with Gasteiger partial charge in [0.05, 0.1) is 26.4 Å². The lowest BCUT2D eigenvalue weighted by atomic mass is 10.3. The summed E-state index contributed by atoms with van der Waals surface area (Å²) < 4.78 is 68.9. The van der Waals surface area contributed by atoms with Gasteiger partial charge in [0.25, 0.3) is 20.0 Å². The van der Waals surface area contributed by atoms with E-state index in [1.807, 2.05) is 0 Å². The van der Waals surface area contributed by atoms with E-state index in [1.165, 1.54) is 18.2 Å². The first-order valence-electron chi connectivity index (χ1n) is 7.53. The van der Waals surface area contributed by atoms with Crippen molar-refractivity contribution in [1.82, 2.24) is 0 Å². The maximum absolute atomic E-state index is 14.2. The summed E-state index contributed by atoms with van der Waals surface area (Å²) in [5, 5.41) is 1.11. The first kappa shape index (κ1) is 22.1. The van der Waals surface area contributed by atoms with Gasteiger partial charge in [0, 0.05) is 0 Å². The highest BCUT2D eigenvalue weighted by molar-refractivity contribution is 7.94. The molecule has 0 spiro atoms. The van der Waals surface area contributed by atoms with Crippen LogP contribution in [0.4, 0.5) is 15.8 Å². The molecule has 1 aromatic heterocycles. The predicted molar refractivity (Wildman–Crippen MR) is 114 cm³/mol. The van der Waals surface area contributed by atoms with Gasteiger partial charge >= 0.3 is 0 Å². The number of benzene rings is 2. The third kappa shape index (κ3) is 4.79. The second kappa shape index (κ2) is 8.29. The molecule has 0 atom stereocenters. The van der Waals surface area contributed by atoms with Gasteiger partial charge in [0.1, 0.15) is 9.10 Å². The number of hydrogen-bond donors (Lipinski definition) is 2. The fraction of sp³-hybridized carbons (Fsp3) is 0. The van der Waals surface area contributed by atoms with E-state index in [0.29, 0.717) is 0 Å². The Bertz CT molecular complexity index is 1280. The summed E-state index contributed by atoms with van der Waals surface area (Å²) in [6.45, 7) is 0. The number of nitrogens with one attached hydrogen (secondary N) is 2. The lowest BCUT2D eigenvalue weighted by Gasteiger charge is -2.16. The molecule has 29 heavy (non-hydrogen) atoms. The van der Waals surface area contributed by atoms with E-state index in [9.17, 15) is 21.2 Å². The molecule has 2 aromatic carbocycles. The molecule has 0 radical (unpaired) electrons. The predicted octanol–water partition coefficient (Wildman–Crippen LogP) is 5.45. The molecule has 0 fully saturated rings. The monoisotopic (exact) mass is 514 g/mol. The second-order valence-corrected chi connectivity index (χ2v) is 11.2. The molecule has 1 heterocycles. The first-order chi connectivity index (χ1) is 13.5. The molecule has 3 aromatic rings. The minimum Gasteiger partial charge on any atom is -0.277 e. The fourth-order valence-electron chi connectivity index (χ4n) is 2.22. The van der Waals surface area contributed by atoms with Gasteiger partial charge < -0.3 is 0 Å². The average Bonchev–Trinajstić information content (AvgIpc) is 3.17. The Morgan fingerprint density at radius 1 is 0.793 bits per heavy atom. The standard InChI is InChI=1S/C16H10Cl3FN2O4S3/c17-9-3-1-4-14(16(9)20)28(23,24)21-12-7-10(18)11(19)8-13(12)22-29(25,26)15-5-2-6-27-15/h1-8,21-22H. The first-order valence-corrected chi connectivity index (χ1v) is 12.5. The maximum atomic E-state index is 14.2. The van der Waals surface area contributed by atoms with E-state index >= 15 is 0 Å². The molecule has 0 aliphatic heterocycles. The van der Waals surface area contributed by atoms with Crippen molar-refractivity contribution in [1.29, 1.82) is 0 Å². The van der Waals surface area contributed by atoms with Crippen LogP contribution in [0.1, 0.15) is 0 Å². The molecule has 0 aliphatic carbocycles. The molecule has 6 nitrogen and oxygen atoms in total. The van der Waals surface area contributed by atoms with Crippen LogP contribution in [0.5, 0.6) is 0 Å². The normalized spacial score (nSPS) is 12.0. The summed E-state index contributed by atoms with van der Waals surface area (Å²) in [5.74, 6) is -1.15. The largest absolute Gasteiger partial charge is 0.277 e. The number of thiophene rings is 1. The molecule has 0 saturated carbocycles. The van der Waals surface area contributed by atoms with Crippen LogP contribution in [0, 0.1) is 5.82 Å². The topological polar surface area (TPSA) is 92.3 Å². The minimum absolute atomic E-state index is 0.00161. The zero-order chi connectivity index (χ0) is 21.4. The number of halogens is 4. The van der Waals surface area contributed by atoms with E-state index in [1.54, 1.807) is 11.4 Å². The SMILES string of the molecule is O=S(=O)(Nc1cc(Cl)c(Cl)cc1NS(=O)(=O)c1cccc(Cl)c1F)c1cccs1. The summed E-state index contributed by atoms with van der Waals surface area (Å²) in [6, 6.07) is 8.62. The summed E-state index contributed by atoms with van der Waals surface area (Å²) in [5.41, 5.74) is -0.447. The lowest BCUT2D eigenvalue weighted by Crippen LogP contribution is -2.18. The van der Waals surface area contributed by atoms with Gasteiger partial charge in [0.2, 0.25) is 0 Å². The smallest absolute Gasteiger partial charge is 0.271 e. The third-order valence-corrected chi connectivity index (χ3v) is 8.67. The molecule has 154 valence electrons. The van der Waals surface area contributed by atoms with Crippen LogP contribution >= 0.6 is 46.1 Å². The maximum Gasteiger partial charge on any atom is 0.271 e. The van der Waals surface area contributed by atoms with Crippen LogP contribution in [0.25, 0.3) is 0 Å². The van der Waals surface area contributed by atoms with Gasteiger partial charge in [-0.1, -0.05) is 46.9 Å². The van der Waals surface area contributed by atoms with Crippen molar-refractivity contribution in [2.45, 2.75) is 9.10 Å². The Kier molecular flexibility index (Phi) is 6.32. The van der Waals surface area contributed by atoms with Gasteiger partial charge in [-0.15, -0.1) is 11.3 Å². The highest BCUT2D eigenvalue weighted by atomic mass is 35.5. The van der Waals surface area contributed by atoms with Crippen LogP contribution in [0.2, 0.25) is 15.1 Å². The van der Waals surface area contributed by atoms with Gasteiger partial charge in [-0.25, -0.2) is 21.2 Å². The number of rotatable bonds is 6. The van der Waals surface area contributed by atoms with Crippen LogP contribution in [-0.4, -0.2) is 16.8 Å². The van der Waals surface area contributed by atoms with Crippen molar-refractivity contribution >= 4 is 77.6 Å². The highest BCUT2D eigenvalue weighted by Gasteiger charge is 2.24. The van der Waals surface area contributed by atoms with Gasteiger partial charge in [-0.2, -0.15) is 0 Å². The Labute approximate surface area is 185 Å². The second-order valence-electron chi connectivity index (χ2n) is 5.51. The van der Waals surface area contributed by atoms with E-state index in [4.69, 9.17) is 34.8 Å². The molecule has 2 N–H and O–H groups in total. The van der Waals surface area contributed by atoms with Crippen molar-refractivity contribution < 1.29 is 21.2 Å². The number of hydrogen-bond acceptors (Lipinski definition) is 5. The van der Waals surface area contributed by atoms with Gasteiger partial charge in [-0.3, -0.25) is 9.44 Å². The zero-order valence-electron chi connectivity index (χ0n) is 14.0. The number of sulfonamides is 2. The minimum atomic E-state index is -4.47. The van der Waals surface area contributed by atoms with Crippen LogP contribution in [0.3, 0.4) is 0 Å². The summed E-state index contributed by atoms with van der Waals surface area (Å²) in [7, 11) is -8.49. The molecule has 0 bridgehead atoms. The summed E-state index contributed by atoms with van der Waals surface area (Å²) >= 11 is 18.5.